The number of aliphatic hydroxyl groups is 2. The van der Waals surface area contributed by atoms with Gasteiger partial charge in [0.2, 0.25) is 17.7 Å². The highest BCUT2D eigenvalue weighted by Crippen LogP contribution is 2.18. The number of β-amino-alcohol motifs (C(OH)–C–C–N with tert-alkyl or cyclic N) is 2. The summed E-state index contributed by atoms with van der Waals surface area (Å²) in [6, 6.07) is 3.07. The number of carbonyl (C=O) groups is 6. The van der Waals surface area contributed by atoms with E-state index in [1.54, 1.807) is 20.8 Å². The topological polar surface area (TPSA) is 289 Å². The molecule has 3 rings (SSSR count). The summed E-state index contributed by atoms with van der Waals surface area (Å²) in [4.78, 5) is 85.7. The Kier molecular flexibility index (Phi) is 19.3. The van der Waals surface area contributed by atoms with Crippen molar-refractivity contribution in [3.8, 4) is 0 Å². The van der Waals surface area contributed by atoms with Gasteiger partial charge in [-0.1, -0.05) is 0 Å². The first-order valence-corrected chi connectivity index (χ1v) is 18.3. The Morgan fingerprint density at radius 1 is 0.764 bits per heavy atom. The molecule has 1 aromatic heterocycles. The molecule has 2 saturated heterocycles. The van der Waals surface area contributed by atoms with Crippen LogP contribution in [0.4, 0.5) is 0 Å². The first-order chi connectivity index (χ1) is 26.2. The van der Waals surface area contributed by atoms with Gasteiger partial charge in [0, 0.05) is 84.6 Å². The van der Waals surface area contributed by atoms with Crippen molar-refractivity contribution in [1.82, 2.24) is 45.4 Å². The molecule has 22 heteroatoms. The molecule has 1 aromatic rings. The third-order valence-corrected chi connectivity index (χ3v) is 9.26. The minimum absolute atomic E-state index is 0.0282. The molecular weight excluding hydrogens is 725 g/mol. The maximum absolute atomic E-state index is 12.9. The van der Waals surface area contributed by atoms with Crippen LogP contribution in [0.2, 0.25) is 0 Å². The van der Waals surface area contributed by atoms with Crippen LogP contribution < -0.4 is 16.0 Å². The molecule has 3 heterocycles. The monoisotopic (exact) mass is 779 g/mol. The second kappa shape index (κ2) is 23.6. The number of aromatic nitrogens is 1. The van der Waals surface area contributed by atoms with Crippen LogP contribution in [0.15, 0.2) is 18.3 Å². The standard InChI is InChI=1S/C33H54BN9O12/c44-27(37-18-25-6-5-24(17-36-25)33(53)38-19-29(46)43-8-2-3-26(43)34(54)55)4-1-7-35-28(45)20-39-9-11-40(21-30(47)48)13-15-42(23-32(51)52)16-14-41(12-10-39)22-31(49)50/h5-6,17,26,32,51-52,54-55H,1-4,7-16,18-23H2,(H,35,45)(H,37,44)(H,38,53)(H,47,48)(H,49,50)/t26-/m0/s1. The average molecular weight is 780 g/mol. The molecule has 0 aromatic carbocycles. The summed E-state index contributed by atoms with van der Waals surface area (Å²) in [5.41, 5.74) is 0.691. The molecule has 0 unspecified atom stereocenters. The van der Waals surface area contributed by atoms with Crippen molar-refractivity contribution >= 4 is 42.7 Å². The molecule has 2 fully saturated rings. The van der Waals surface area contributed by atoms with Gasteiger partial charge in [-0.25, -0.2) is 0 Å². The van der Waals surface area contributed by atoms with Gasteiger partial charge in [-0.2, -0.15) is 0 Å². The van der Waals surface area contributed by atoms with E-state index in [0.29, 0.717) is 83.9 Å². The summed E-state index contributed by atoms with van der Waals surface area (Å²) < 4.78 is 0. The van der Waals surface area contributed by atoms with E-state index >= 15 is 0 Å². The van der Waals surface area contributed by atoms with Crippen LogP contribution in [-0.2, 0) is 30.5 Å². The highest BCUT2D eigenvalue weighted by molar-refractivity contribution is 6.43. The van der Waals surface area contributed by atoms with Gasteiger partial charge >= 0.3 is 19.1 Å². The van der Waals surface area contributed by atoms with Gasteiger partial charge in [0.15, 0.2) is 6.29 Å². The second-order valence-corrected chi connectivity index (χ2v) is 13.6. The number of rotatable bonds is 18. The molecule has 2 aliphatic rings. The Morgan fingerprint density at radius 2 is 1.35 bits per heavy atom. The van der Waals surface area contributed by atoms with E-state index in [0.717, 1.165) is 0 Å². The number of amides is 4. The number of nitrogens with zero attached hydrogens (tertiary/aromatic N) is 6. The number of hydrogen-bond acceptors (Lipinski definition) is 15. The number of hydrogen-bond donors (Lipinski definition) is 9. The Bertz CT molecular complexity index is 1390. The fourth-order valence-corrected chi connectivity index (χ4v) is 6.30. The van der Waals surface area contributed by atoms with Crippen LogP contribution in [0.1, 0.15) is 41.7 Å². The Labute approximate surface area is 319 Å². The lowest BCUT2D eigenvalue weighted by molar-refractivity contribution is -0.139. The molecule has 2 aliphatic heterocycles. The quantitative estimate of drug-likeness (QED) is 0.0383. The van der Waals surface area contributed by atoms with Crippen molar-refractivity contribution in [1.29, 1.82) is 0 Å². The van der Waals surface area contributed by atoms with Gasteiger partial charge in [0.25, 0.3) is 5.91 Å². The summed E-state index contributed by atoms with van der Waals surface area (Å²) >= 11 is 0. The molecule has 9 N–H and O–H groups in total. The lowest BCUT2D eigenvalue weighted by atomic mass is 9.78. The molecule has 0 saturated carbocycles. The van der Waals surface area contributed by atoms with E-state index < -0.39 is 43.1 Å². The van der Waals surface area contributed by atoms with Gasteiger partial charge in [0.05, 0.1) is 49.9 Å². The van der Waals surface area contributed by atoms with Gasteiger partial charge in [0.1, 0.15) is 0 Å². The van der Waals surface area contributed by atoms with Gasteiger partial charge in [-0.15, -0.1) is 0 Å². The number of aliphatic hydroxyl groups excluding tert-OH is 1. The van der Waals surface area contributed by atoms with Crippen LogP contribution in [0.5, 0.6) is 0 Å². The van der Waals surface area contributed by atoms with Gasteiger partial charge < -0.3 is 51.3 Å². The smallest absolute Gasteiger partial charge is 0.475 e. The molecule has 21 nitrogen and oxygen atoms in total. The van der Waals surface area contributed by atoms with Gasteiger partial charge in [-0.3, -0.25) is 53.4 Å². The van der Waals surface area contributed by atoms with Crippen LogP contribution in [0.25, 0.3) is 0 Å². The van der Waals surface area contributed by atoms with Crippen molar-refractivity contribution in [2.75, 3.05) is 98.2 Å². The molecule has 0 bridgehead atoms. The number of likely N-dealkylation sites (tertiary alicyclic amines) is 1. The zero-order valence-corrected chi connectivity index (χ0v) is 30.9. The minimum Gasteiger partial charge on any atom is -0.480 e. The first-order valence-electron chi connectivity index (χ1n) is 18.3. The van der Waals surface area contributed by atoms with Crippen LogP contribution in [-0.4, -0.2) is 213 Å². The van der Waals surface area contributed by atoms with E-state index in [1.807, 2.05) is 4.90 Å². The normalized spacial score (nSPS) is 18.3. The zero-order valence-electron chi connectivity index (χ0n) is 30.9. The number of carboxylic acids is 2. The van der Waals surface area contributed by atoms with E-state index in [-0.39, 0.29) is 69.6 Å². The maximum atomic E-state index is 12.9. The molecule has 306 valence electrons. The lowest BCUT2D eigenvalue weighted by Crippen LogP contribution is -2.50. The van der Waals surface area contributed by atoms with Crippen molar-refractivity contribution in [3.63, 3.8) is 0 Å². The van der Waals surface area contributed by atoms with Crippen molar-refractivity contribution in [3.05, 3.63) is 29.6 Å². The minimum atomic E-state index is -1.65. The molecule has 55 heavy (non-hydrogen) atoms. The van der Waals surface area contributed by atoms with E-state index in [2.05, 4.69) is 20.9 Å². The summed E-state index contributed by atoms with van der Waals surface area (Å²) in [5, 5.41) is 64.7. The lowest BCUT2D eigenvalue weighted by Gasteiger charge is -2.33. The Morgan fingerprint density at radius 3 is 1.87 bits per heavy atom. The van der Waals surface area contributed by atoms with Crippen molar-refractivity contribution in [2.45, 2.75) is 44.5 Å². The Balaban J connectivity index is 1.40. The number of carboxylic acid groups (broad SMARTS) is 2. The van der Waals surface area contributed by atoms with Crippen molar-refractivity contribution in [2.24, 2.45) is 0 Å². The van der Waals surface area contributed by atoms with Crippen LogP contribution in [0.3, 0.4) is 0 Å². The van der Waals surface area contributed by atoms with E-state index in [4.69, 9.17) is 0 Å². The van der Waals surface area contributed by atoms with E-state index in [1.165, 1.54) is 17.2 Å². The SMILES string of the molecule is O=C(O)CN1CCN(CC(=O)NCCCC(=O)NCc2ccc(C(=O)NCC(=O)N3CCC[C@H]3B(O)O)cn2)CCN(CC(=O)O)CCN(CC(O)O)CC1. The number of pyridine rings is 1. The molecule has 4 amide bonds. The summed E-state index contributed by atoms with van der Waals surface area (Å²) in [7, 11) is -1.65. The molecular formula is C33H54BN9O12. The summed E-state index contributed by atoms with van der Waals surface area (Å²) in [6.45, 7) is 2.31. The predicted octanol–water partition coefficient (Wildman–Crippen LogP) is -4.97. The largest absolute Gasteiger partial charge is 0.480 e. The summed E-state index contributed by atoms with van der Waals surface area (Å²) in [5.74, 6) is -4.30. The first kappa shape index (κ1) is 45.1. The molecule has 0 aliphatic carbocycles. The highest BCUT2D eigenvalue weighted by atomic mass is 16.5. The third-order valence-electron chi connectivity index (χ3n) is 9.26. The fraction of sp³-hybridized carbons (Fsp3) is 0.667. The molecule has 0 radical (unpaired) electrons. The predicted molar refractivity (Wildman–Crippen MR) is 195 cm³/mol. The molecule has 1 atom stereocenters. The van der Waals surface area contributed by atoms with Crippen molar-refractivity contribution < 1.29 is 59.2 Å². The average Bonchev–Trinajstić information content (AvgIpc) is 3.63. The van der Waals surface area contributed by atoms with Crippen LogP contribution in [0, 0.1) is 0 Å². The molecule has 0 spiro atoms. The number of carbonyl (C=O) groups excluding carboxylic acids is 4. The Hall–Kier alpha value is -4.29. The number of nitrogens with one attached hydrogen (secondary N) is 3. The zero-order chi connectivity index (χ0) is 40.3. The van der Waals surface area contributed by atoms with Crippen LogP contribution >= 0.6 is 0 Å². The third kappa shape index (κ3) is 17.4. The second-order valence-electron chi connectivity index (χ2n) is 13.6. The highest BCUT2D eigenvalue weighted by Gasteiger charge is 2.36. The van der Waals surface area contributed by atoms with E-state index in [9.17, 15) is 59.2 Å². The fourth-order valence-electron chi connectivity index (χ4n) is 6.30. The van der Waals surface area contributed by atoms with Gasteiger partial charge in [-0.05, 0) is 31.4 Å². The number of aliphatic carboxylic acids is 2. The summed E-state index contributed by atoms with van der Waals surface area (Å²) in [6.07, 6.45) is 1.28. The maximum Gasteiger partial charge on any atom is 0.475 e.